The van der Waals surface area contributed by atoms with Crippen molar-refractivity contribution in [3.05, 3.63) is 105 Å². The second-order valence-electron chi connectivity index (χ2n) is 7.55. The molecule has 2 N–H and O–H groups in total. The standard InChI is InChI=1S/C25H29FN4O/c1-4-27-25(29-19(3)22-13-8-18(2)23(26)15-22)28-16-20-9-11-21(12-10-20)17-30-14-6-5-7-24(30)31/h5-15,19H,4,16-17H2,1-3H3,(H2,27,28,29). The van der Waals surface area contributed by atoms with Crippen molar-refractivity contribution in [2.24, 2.45) is 4.99 Å². The number of hydrogen-bond acceptors (Lipinski definition) is 2. The zero-order valence-electron chi connectivity index (χ0n) is 18.2. The van der Waals surface area contributed by atoms with Crippen molar-refractivity contribution >= 4 is 5.96 Å². The molecule has 5 nitrogen and oxygen atoms in total. The minimum atomic E-state index is -0.203. The van der Waals surface area contributed by atoms with Crippen LogP contribution < -0.4 is 16.2 Å². The van der Waals surface area contributed by atoms with Crippen LogP contribution in [-0.2, 0) is 13.1 Å². The van der Waals surface area contributed by atoms with E-state index in [4.69, 9.17) is 0 Å². The van der Waals surface area contributed by atoms with Crippen LogP contribution in [0.1, 0.15) is 42.1 Å². The number of aryl methyl sites for hydroxylation is 1. The molecule has 0 aliphatic rings. The number of hydrogen-bond donors (Lipinski definition) is 2. The van der Waals surface area contributed by atoms with Gasteiger partial charge >= 0.3 is 0 Å². The van der Waals surface area contributed by atoms with E-state index in [1.807, 2.05) is 50.2 Å². The molecule has 1 aromatic heterocycles. The van der Waals surface area contributed by atoms with Crippen molar-refractivity contribution in [2.45, 2.75) is 39.9 Å². The van der Waals surface area contributed by atoms with Gasteiger partial charge in [0.2, 0.25) is 0 Å². The van der Waals surface area contributed by atoms with E-state index in [1.165, 1.54) is 0 Å². The van der Waals surface area contributed by atoms with Gasteiger partial charge < -0.3 is 15.2 Å². The second-order valence-corrected chi connectivity index (χ2v) is 7.55. The van der Waals surface area contributed by atoms with E-state index in [1.54, 1.807) is 42.0 Å². The highest BCUT2D eigenvalue weighted by Crippen LogP contribution is 2.16. The number of rotatable bonds is 7. The first-order valence-electron chi connectivity index (χ1n) is 10.5. The first kappa shape index (κ1) is 22.3. The van der Waals surface area contributed by atoms with E-state index in [-0.39, 0.29) is 17.4 Å². The molecule has 0 radical (unpaired) electrons. The van der Waals surface area contributed by atoms with Crippen LogP contribution in [0.2, 0.25) is 0 Å². The van der Waals surface area contributed by atoms with Gasteiger partial charge in [-0.05, 0) is 55.2 Å². The zero-order chi connectivity index (χ0) is 22.2. The average molecular weight is 421 g/mol. The van der Waals surface area contributed by atoms with Crippen molar-refractivity contribution in [3.63, 3.8) is 0 Å². The predicted molar refractivity (Wildman–Crippen MR) is 124 cm³/mol. The summed E-state index contributed by atoms with van der Waals surface area (Å²) in [4.78, 5) is 16.5. The Bertz CT molecular complexity index is 1090. The average Bonchev–Trinajstić information content (AvgIpc) is 2.76. The van der Waals surface area contributed by atoms with E-state index in [0.717, 1.165) is 23.2 Å². The normalized spacial score (nSPS) is 12.5. The number of aliphatic imine (C=N–C) groups is 1. The van der Waals surface area contributed by atoms with Crippen molar-refractivity contribution in [1.82, 2.24) is 15.2 Å². The Kier molecular flexibility index (Phi) is 7.60. The minimum absolute atomic E-state index is 0.0138. The molecule has 0 spiro atoms. The van der Waals surface area contributed by atoms with E-state index in [2.05, 4.69) is 15.6 Å². The first-order chi connectivity index (χ1) is 15.0. The van der Waals surface area contributed by atoms with Gasteiger partial charge in [-0.2, -0.15) is 0 Å². The maximum atomic E-state index is 13.9. The fourth-order valence-corrected chi connectivity index (χ4v) is 3.20. The molecule has 1 heterocycles. The van der Waals surface area contributed by atoms with Gasteiger partial charge in [0.25, 0.3) is 5.56 Å². The van der Waals surface area contributed by atoms with Gasteiger partial charge in [-0.25, -0.2) is 9.38 Å². The van der Waals surface area contributed by atoms with Crippen molar-refractivity contribution in [3.8, 4) is 0 Å². The van der Waals surface area contributed by atoms with Crippen LogP contribution in [-0.4, -0.2) is 17.1 Å². The Balaban J connectivity index is 1.65. The van der Waals surface area contributed by atoms with Gasteiger partial charge in [0.1, 0.15) is 5.82 Å². The van der Waals surface area contributed by atoms with Crippen LogP contribution in [0.4, 0.5) is 4.39 Å². The predicted octanol–water partition coefficient (Wildman–Crippen LogP) is 4.16. The molecule has 1 unspecified atom stereocenters. The molecule has 162 valence electrons. The molecule has 0 fully saturated rings. The minimum Gasteiger partial charge on any atom is -0.357 e. The fourth-order valence-electron chi connectivity index (χ4n) is 3.20. The molecule has 3 rings (SSSR count). The summed E-state index contributed by atoms with van der Waals surface area (Å²) in [5, 5.41) is 6.57. The Hall–Kier alpha value is -3.41. The lowest BCUT2D eigenvalue weighted by atomic mass is 10.1. The van der Waals surface area contributed by atoms with E-state index in [0.29, 0.717) is 24.6 Å². The highest BCUT2D eigenvalue weighted by molar-refractivity contribution is 5.80. The molecule has 3 aromatic rings. The molecule has 2 aromatic carbocycles. The summed E-state index contributed by atoms with van der Waals surface area (Å²) in [6.07, 6.45) is 1.79. The SMILES string of the molecule is CCNC(=NCc1ccc(Cn2ccccc2=O)cc1)NC(C)c1ccc(C)c(F)c1. The highest BCUT2D eigenvalue weighted by Gasteiger charge is 2.10. The number of nitrogens with zero attached hydrogens (tertiary/aromatic N) is 2. The Morgan fingerprint density at radius 2 is 1.84 bits per heavy atom. The lowest BCUT2D eigenvalue weighted by Crippen LogP contribution is -2.38. The lowest BCUT2D eigenvalue weighted by Gasteiger charge is -2.18. The Morgan fingerprint density at radius 1 is 1.10 bits per heavy atom. The molecule has 0 aliphatic carbocycles. The van der Waals surface area contributed by atoms with Gasteiger partial charge in [0.15, 0.2) is 5.96 Å². The summed E-state index contributed by atoms with van der Waals surface area (Å²) in [5.41, 5.74) is 3.61. The van der Waals surface area contributed by atoms with Gasteiger partial charge in [0.05, 0.1) is 19.1 Å². The highest BCUT2D eigenvalue weighted by atomic mass is 19.1. The summed E-state index contributed by atoms with van der Waals surface area (Å²) in [6, 6.07) is 18.4. The quantitative estimate of drug-likeness (QED) is 0.446. The number of aromatic nitrogens is 1. The van der Waals surface area contributed by atoms with Gasteiger partial charge in [-0.3, -0.25) is 4.79 Å². The number of pyridine rings is 1. The molecule has 31 heavy (non-hydrogen) atoms. The van der Waals surface area contributed by atoms with Crippen molar-refractivity contribution in [1.29, 1.82) is 0 Å². The molecule has 0 aliphatic heterocycles. The summed E-state index contributed by atoms with van der Waals surface area (Å²) < 4.78 is 15.6. The maximum absolute atomic E-state index is 13.9. The smallest absolute Gasteiger partial charge is 0.250 e. The first-order valence-corrected chi connectivity index (χ1v) is 10.5. The molecular formula is C25H29FN4O. The van der Waals surface area contributed by atoms with E-state index < -0.39 is 0 Å². The van der Waals surface area contributed by atoms with Crippen LogP contribution >= 0.6 is 0 Å². The van der Waals surface area contributed by atoms with Crippen LogP contribution in [0.5, 0.6) is 0 Å². The third kappa shape index (κ3) is 6.28. The number of nitrogens with one attached hydrogen (secondary N) is 2. The monoisotopic (exact) mass is 420 g/mol. The molecule has 1 atom stereocenters. The number of halogens is 1. The van der Waals surface area contributed by atoms with Crippen molar-refractivity contribution in [2.75, 3.05) is 6.54 Å². The maximum Gasteiger partial charge on any atom is 0.250 e. The summed E-state index contributed by atoms with van der Waals surface area (Å²) in [7, 11) is 0. The lowest BCUT2D eigenvalue weighted by molar-refractivity contribution is 0.607. The Morgan fingerprint density at radius 3 is 2.52 bits per heavy atom. The van der Waals surface area contributed by atoms with Gasteiger partial charge in [-0.15, -0.1) is 0 Å². The largest absolute Gasteiger partial charge is 0.357 e. The number of benzene rings is 2. The third-order valence-electron chi connectivity index (χ3n) is 5.09. The Labute approximate surface area is 182 Å². The molecule has 0 bridgehead atoms. The molecular weight excluding hydrogens is 391 g/mol. The summed E-state index contributed by atoms with van der Waals surface area (Å²) in [6.45, 7) is 7.52. The van der Waals surface area contributed by atoms with E-state index in [9.17, 15) is 9.18 Å². The molecule has 0 saturated heterocycles. The summed E-state index contributed by atoms with van der Waals surface area (Å²) >= 11 is 0. The second kappa shape index (κ2) is 10.6. The fraction of sp³-hybridized carbons (Fsp3) is 0.280. The number of guanidine groups is 1. The van der Waals surface area contributed by atoms with Crippen molar-refractivity contribution < 1.29 is 4.39 Å². The molecule has 0 saturated carbocycles. The van der Waals surface area contributed by atoms with Crippen LogP contribution in [0, 0.1) is 12.7 Å². The summed E-state index contributed by atoms with van der Waals surface area (Å²) in [5.74, 6) is 0.474. The van der Waals surface area contributed by atoms with Gasteiger partial charge in [0, 0.05) is 18.8 Å². The van der Waals surface area contributed by atoms with Crippen LogP contribution in [0.3, 0.4) is 0 Å². The molecule has 6 heteroatoms. The molecule has 0 amide bonds. The topological polar surface area (TPSA) is 58.4 Å². The third-order valence-corrected chi connectivity index (χ3v) is 5.09. The zero-order valence-corrected chi connectivity index (χ0v) is 18.2. The van der Waals surface area contributed by atoms with Crippen LogP contribution in [0.25, 0.3) is 0 Å². The van der Waals surface area contributed by atoms with Crippen LogP contribution in [0.15, 0.2) is 76.6 Å². The van der Waals surface area contributed by atoms with E-state index >= 15 is 0 Å². The van der Waals surface area contributed by atoms with Gasteiger partial charge in [-0.1, -0.05) is 42.5 Å².